The second kappa shape index (κ2) is 7.48. The molecule has 0 unspecified atom stereocenters. The quantitative estimate of drug-likeness (QED) is 0.374. The Morgan fingerprint density at radius 3 is 2.09 bits per heavy atom. The number of rotatable bonds is 5. The van der Waals surface area contributed by atoms with Crippen LogP contribution in [-0.4, -0.2) is 63.4 Å². The molecule has 0 aromatic carbocycles. The number of hydrogen-bond acceptors (Lipinski definition) is 5. The second-order valence-corrected chi connectivity index (χ2v) is 3.42. The Hall–Kier alpha value is 0.830. The monoisotopic (exact) mass is 192 g/mol. The van der Waals surface area contributed by atoms with Gasteiger partial charge in [0.15, 0.2) is 0 Å². The maximum atomic E-state index is 10.6. The molecular weight excluding hydrogens is 179 g/mol. The van der Waals surface area contributed by atoms with Gasteiger partial charge in [-0.15, -0.1) is 0 Å². The van der Waals surface area contributed by atoms with Crippen LogP contribution in [0.15, 0.2) is 0 Å². The average Bonchev–Trinajstić information content (AvgIpc) is 1.84. The number of hydrogen-bond donors (Lipinski definition) is 2. The molecular formula is C4H13N2NaO3S. The Bertz CT molecular complexity index is 170. The molecule has 0 saturated carbocycles. The molecule has 0 aliphatic carbocycles. The summed E-state index contributed by atoms with van der Waals surface area (Å²) in [4.78, 5) is 0. The van der Waals surface area contributed by atoms with Crippen molar-refractivity contribution in [2.75, 3.05) is 25.4 Å². The van der Waals surface area contributed by atoms with Crippen molar-refractivity contribution in [3.63, 3.8) is 0 Å². The predicted molar refractivity (Wildman–Crippen MR) is 45.0 cm³/mol. The molecule has 0 bridgehead atoms. The third-order valence-electron chi connectivity index (χ3n) is 0.749. The molecule has 0 rings (SSSR count). The van der Waals surface area contributed by atoms with Crippen molar-refractivity contribution in [3.05, 3.63) is 0 Å². The van der Waals surface area contributed by atoms with E-state index in [1.807, 2.05) is 0 Å². The summed E-state index contributed by atoms with van der Waals surface area (Å²) in [6.07, 6.45) is 0. The Morgan fingerprint density at radius 2 is 1.73 bits per heavy atom. The van der Waals surface area contributed by atoms with Crippen LogP contribution in [0.4, 0.5) is 0 Å². The Morgan fingerprint density at radius 1 is 1.18 bits per heavy atom. The summed E-state index contributed by atoms with van der Waals surface area (Å²) in [7, 11) is -3.40. The summed E-state index contributed by atoms with van der Waals surface area (Å²) in [6.45, 7) is 0.305. The molecule has 0 spiro atoms. The van der Waals surface area contributed by atoms with Crippen LogP contribution in [0.2, 0.25) is 0 Å². The minimum atomic E-state index is -3.40. The van der Waals surface area contributed by atoms with Crippen LogP contribution >= 0.6 is 0 Å². The van der Waals surface area contributed by atoms with E-state index in [4.69, 9.17) is 11.5 Å². The van der Waals surface area contributed by atoms with Gasteiger partial charge in [0.1, 0.15) is 0 Å². The molecule has 0 amide bonds. The van der Waals surface area contributed by atoms with Gasteiger partial charge in [-0.05, 0) is 0 Å². The van der Waals surface area contributed by atoms with Crippen LogP contribution in [0.1, 0.15) is 0 Å². The zero-order valence-corrected chi connectivity index (χ0v) is 6.43. The van der Waals surface area contributed by atoms with Gasteiger partial charge in [0.25, 0.3) is 10.1 Å². The van der Waals surface area contributed by atoms with Gasteiger partial charge in [-0.1, -0.05) is 0 Å². The molecule has 11 heavy (non-hydrogen) atoms. The van der Waals surface area contributed by atoms with E-state index in [9.17, 15) is 8.42 Å². The summed E-state index contributed by atoms with van der Waals surface area (Å²) in [5, 5.41) is 0. The summed E-state index contributed by atoms with van der Waals surface area (Å²) < 4.78 is 25.6. The molecule has 0 saturated heterocycles. The zero-order chi connectivity index (χ0) is 8.04. The van der Waals surface area contributed by atoms with E-state index in [-0.39, 0.29) is 55.0 Å². The van der Waals surface area contributed by atoms with Crippen molar-refractivity contribution in [1.29, 1.82) is 0 Å². The van der Waals surface area contributed by atoms with Crippen LogP contribution in [0.5, 0.6) is 0 Å². The van der Waals surface area contributed by atoms with Gasteiger partial charge in [-0.25, -0.2) is 0 Å². The first kappa shape index (κ1) is 14.4. The topological polar surface area (TPSA) is 95.4 Å². The van der Waals surface area contributed by atoms with E-state index in [1.165, 1.54) is 0 Å². The molecule has 0 aromatic rings. The van der Waals surface area contributed by atoms with Crippen molar-refractivity contribution in [2.24, 2.45) is 11.5 Å². The first-order valence-corrected chi connectivity index (χ1v) is 4.47. The third-order valence-corrected chi connectivity index (χ3v) is 2.01. The first-order chi connectivity index (χ1) is 4.62. The van der Waals surface area contributed by atoms with E-state index in [2.05, 4.69) is 4.18 Å². The van der Waals surface area contributed by atoms with E-state index >= 15 is 0 Å². The summed E-state index contributed by atoms with van der Waals surface area (Å²) in [5.41, 5.74) is 10.0. The minimum absolute atomic E-state index is 0. The molecule has 0 aliphatic rings. The molecule has 5 nitrogen and oxygen atoms in total. The van der Waals surface area contributed by atoms with E-state index < -0.39 is 10.1 Å². The van der Waals surface area contributed by atoms with Crippen LogP contribution < -0.4 is 11.5 Å². The van der Waals surface area contributed by atoms with Crippen molar-refractivity contribution >= 4 is 39.7 Å². The molecule has 0 atom stereocenters. The summed E-state index contributed by atoms with van der Waals surface area (Å²) >= 11 is 0. The van der Waals surface area contributed by atoms with Gasteiger partial charge in [-0.2, -0.15) is 8.42 Å². The van der Waals surface area contributed by atoms with Crippen LogP contribution in [0.25, 0.3) is 0 Å². The Labute approximate surface area is 88.9 Å². The standard InChI is InChI=1S/C4H12N2O3S.Na.H/c5-1-3-9-10(7,8)4-2-6;;/h1-6H2;;. The predicted octanol–water partition coefficient (Wildman–Crippen LogP) is -2.40. The molecule has 7 heteroatoms. The molecule has 4 N–H and O–H groups in total. The maximum absolute atomic E-state index is 10.6. The molecule has 0 heterocycles. The third kappa shape index (κ3) is 8.74. The Balaban J connectivity index is 0. The fourth-order valence-corrected chi connectivity index (χ4v) is 1.14. The van der Waals surface area contributed by atoms with Crippen LogP contribution in [0, 0.1) is 0 Å². The zero-order valence-electron chi connectivity index (χ0n) is 5.62. The molecule has 64 valence electrons. The van der Waals surface area contributed by atoms with Crippen LogP contribution in [-0.2, 0) is 14.3 Å². The van der Waals surface area contributed by atoms with E-state index in [0.29, 0.717) is 0 Å². The fraction of sp³-hybridized carbons (Fsp3) is 1.00. The van der Waals surface area contributed by atoms with Gasteiger partial charge in [0.2, 0.25) is 0 Å². The summed E-state index contributed by atoms with van der Waals surface area (Å²) in [6, 6.07) is 0. The second-order valence-electron chi connectivity index (χ2n) is 1.66. The molecule has 0 fully saturated rings. The van der Waals surface area contributed by atoms with Gasteiger partial charge in [-0.3, -0.25) is 4.18 Å². The van der Waals surface area contributed by atoms with Gasteiger partial charge in [0, 0.05) is 13.1 Å². The van der Waals surface area contributed by atoms with E-state index in [0.717, 1.165) is 0 Å². The van der Waals surface area contributed by atoms with Gasteiger partial charge < -0.3 is 11.5 Å². The van der Waals surface area contributed by atoms with Crippen molar-refractivity contribution in [2.45, 2.75) is 0 Å². The van der Waals surface area contributed by atoms with Crippen molar-refractivity contribution < 1.29 is 12.6 Å². The van der Waals surface area contributed by atoms with Gasteiger partial charge >= 0.3 is 29.6 Å². The SMILES string of the molecule is NCCOS(=O)(=O)CCN.[NaH]. The molecule has 0 aromatic heterocycles. The van der Waals surface area contributed by atoms with Crippen LogP contribution in [0.3, 0.4) is 0 Å². The van der Waals surface area contributed by atoms with Crippen molar-refractivity contribution in [3.8, 4) is 0 Å². The number of nitrogens with two attached hydrogens (primary N) is 2. The average molecular weight is 192 g/mol. The van der Waals surface area contributed by atoms with E-state index in [1.54, 1.807) is 0 Å². The normalized spacial score (nSPS) is 10.7. The first-order valence-electron chi connectivity index (χ1n) is 2.89. The summed E-state index contributed by atoms with van der Waals surface area (Å²) in [5.74, 6) is -0.146. The molecule has 0 aliphatic heterocycles. The van der Waals surface area contributed by atoms with Gasteiger partial charge in [0.05, 0.1) is 12.4 Å². The fourth-order valence-electron chi connectivity index (χ4n) is 0.378. The van der Waals surface area contributed by atoms with Crippen molar-refractivity contribution in [1.82, 2.24) is 0 Å². The molecule has 0 radical (unpaired) electrons. The Kier molecular flexibility index (Phi) is 9.76.